The van der Waals surface area contributed by atoms with E-state index in [1.54, 1.807) is 45.3 Å². The van der Waals surface area contributed by atoms with Crippen molar-refractivity contribution in [1.29, 1.82) is 0 Å². The predicted molar refractivity (Wildman–Crippen MR) is 305 cm³/mol. The Balaban J connectivity index is 0.765. The minimum Gasteiger partial charge on any atom is -0.456 e. The summed E-state index contributed by atoms with van der Waals surface area (Å²) in [6, 6.07) is 72.5. The molecule has 0 aliphatic carbocycles. The lowest BCUT2D eigenvalue weighted by atomic mass is 9.77. The van der Waals surface area contributed by atoms with Crippen LogP contribution in [0.1, 0.15) is 49.3 Å². The number of anilines is 6. The molecule has 73 heavy (non-hydrogen) atoms. The van der Waals surface area contributed by atoms with Gasteiger partial charge in [0.2, 0.25) is 0 Å². The van der Waals surface area contributed by atoms with Crippen LogP contribution in [-0.4, -0.2) is 5.97 Å². The van der Waals surface area contributed by atoms with Crippen molar-refractivity contribution in [3.05, 3.63) is 251 Å². The van der Waals surface area contributed by atoms with Gasteiger partial charge in [-0.05, 0) is 137 Å². The van der Waals surface area contributed by atoms with Gasteiger partial charge in [0.25, 0.3) is 0 Å². The van der Waals surface area contributed by atoms with Crippen LogP contribution >= 0.6 is 45.3 Å². The van der Waals surface area contributed by atoms with Gasteiger partial charge >= 0.3 is 5.97 Å². The third kappa shape index (κ3) is 6.74. The summed E-state index contributed by atoms with van der Waals surface area (Å²) in [6.45, 7) is 0. The van der Waals surface area contributed by atoms with Crippen LogP contribution in [0.3, 0.4) is 0 Å². The second-order valence-corrected chi connectivity index (χ2v) is 22.6. The molecule has 4 aromatic heterocycles. The van der Waals surface area contributed by atoms with Gasteiger partial charge < -0.3 is 19.3 Å². The molecular weight excluding hydrogens is 973 g/mol. The molecule has 0 unspecified atom stereocenters. The molecule has 0 radical (unpaired) electrons. The van der Waals surface area contributed by atoms with Crippen LogP contribution in [-0.2, 0) is 10.3 Å². The van der Waals surface area contributed by atoms with Crippen molar-refractivity contribution in [3.63, 3.8) is 0 Å². The van der Waals surface area contributed by atoms with Crippen molar-refractivity contribution < 1.29 is 14.3 Å². The number of rotatable bonds is 6. The summed E-state index contributed by atoms with van der Waals surface area (Å²) in [5.74, 6) is 0.986. The topological polar surface area (TPSA) is 42.0 Å². The van der Waals surface area contributed by atoms with Crippen molar-refractivity contribution >= 4 is 108 Å². The van der Waals surface area contributed by atoms with Crippen LogP contribution in [0.4, 0.5) is 32.8 Å². The maximum atomic E-state index is 13.8. The summed E-state index contributed by atoms with van der Waals surface area (Å²) >= 11 is 7.12. The minimum absolute atomic E-state index is 0.342. The molecule has 11 aromatic rings. The summed E-state index contributed by atoms with van der Waals surface area (Å²) in [4.78, 5) is 25.6. The molecule has 8 heterocycles. The van der Waals surface area contributed by atoms with Gasteiger partial charge in [0.15, 0.2) is 5.60 Å². The fraction of sp³-hybridized carbons (Fsp3) is 0.0156. The molecule has 4 aliphatic rings. The van der Waals surface area contributed by atoms with E-state index in [0.29, 0.717) is 17.1 Å². The highest BCUT2D eigenvalue weighted by Crippen LogP contribution is 2.58. The average Bonchev–Trinajstić information content (AvgIpc) is 4.30. The Bertz CT molecular complexity index is 3800. The Morgan fingerprint density at radius 2 is 0.740 bits per heavy atom. The zero-order valence-corrected chi connectivity index (χ0v) is 42.0. The first-order valence-corrected chi connectivity index (χ1v) is 27.3. The van der Waals surface area contributed by atoms with E-state index >= 15 is 0 Å². The van der Waals surface area contributed by atoms with E-state index in [1.807, 2.05) is 24.3 Å². The predicted octanol–water partition coefficient (Wildman–Crippen LogP) is 19.1. The SMILES string of the molecule is O=C1OC2(c3ccc(-c4ccc(-c5ccc(N6c7ccccc7C=Cc7ccccc76)s5)s4)cc3Oc3cc(-c4ccc(-c5ccc(N6c7ccccc7C=Cc7ccccc76)s5)s4)ccc32)c2ccccc21. The highest BCUT2D eigenvalue weighted by Gasteiger charge is 2.53. The van der Waals surface area contributed by atoms with E-state index in [9.17, 15) is 4.79 Å². The molecule has 346 valence electrons. The van der Waals surface area contributed by atoms with Crippen molar-refractivity contribution in [2.45, 2.75) is 5.60 Å². The number of hydrogen-bond acceptors (Lipinski definition) is 9. The van der Waals surface area contributed by atoms with Crippen molar-refractivity contribution in [2.24, 2.45) is 0 Å². The molecule has 9 heteroatoms. The fourth-order valence-electron chi connectivity index (χ4n) is 10.8. The summed E-state index contributed by atoms with van der Waals surface area (Å²) in [5, 5.41) is 2.31. The largest absolute Gasteiger partial charge is 0.456 e. The maximum absolute atomic E-state index is 13.8. The summed E-state index contributed by atoms with van der Waals surface area (Å²) in [6.07, 6.45) is 8.83. The van der Waals surface area contributed by atoms with Crippen molar-refractivity contribution in [3.8, 4) is 51.9 Å². The minimum atomic E-state index is -1.17. The first kappa shape index (κ1) is 42.4. The van der Waals surface area contributed by atoms with E-state index in [0.717, 1.165) is 70.3 Å². The smallest absolute Gasteiger partial charge is 0.340 e. The number of thiophene rings is 4. The Hall–Kier alpha value is -8.31. The monoisotopic (exact) mass is 1010 g/mol. The lowest BCUT2D eigenvalue weighted by molar-refractivity contribution is 0.0224. The van der Waals surface area contributed by atoms with E-state index in [4.69, 9.17) is 9.47 Å². The molecule has 0 saturated heterocycles. The Morgan fingerprint density at radius 1 is 0.356 bits per heavy atom. The molecule has 0 saturated carbocycles. The van der Waals surface area contributed by atoms with Crippen molar-refractivity contribution in [1.82, 2.24) is 0 Å². The second-order valence-electron chi connectivity index (χ2n) is 18.3. The summed E-state index contributed by atoms with van der Waals surface area (Å²) < 4.78 is 13.6. The van der Waals surface area contributed by atoms with E-state index < -0.39 is 5.60 Å². The molecule has 0 amide bonds. The molecule has 1 spiro atoms. The van der Waals surface area contributed by atoms with Gasteiger partial charge in [0.05, 0.1) is 28.3 Å². The Labute approximate surface area is 437 Å². The zero-order valence-electron chi connectivity index (χ0n) is 38.7. The standard InChI is InChI=1S/C64H38N2O3S4/c67-63-45-15-5-6-16-46(45)64(69-63)47-27-25-43(55-29-31-57(70-55)59-33-35-61(72-59)65-49-17-7-1-11-39(49)21-22-40-12-2-8-18-50(40)65)37-53(47)68-54-38-44(26-28-48(54)64)56-30-32-58(71-56)60-34-36-62(73-60)66-51-19-9-3-13-41(51)23-24-42-14-4-10-20-52(42)66/h1-38H. The second kappa shape index (κ2) is 16.6. The van der Waals surface area contributed by atoms with E-state index in [2.05, 4.69) is 216 Å². The first-order chi connectivity index (χ1) is 36.0. The van der Waals surface area contributed by atoms with E-state index in [1.165, 1.54) is 41.8 Å². The number of hydrogen-bond donors (Lipinski definition) is 0. The van der Waals surface area contributed by atoms with Crippen LogP contribution in [0.15, 0.2) is 206 Å². The number of nitrogens with zero attached hydrogens (tertiary/aromatic N) is 2. The van der Waals surface area contributed by atoms with Crippen LogP contribution in [0, 0.1) is 0 Å². The van der Waals surface area contributed by atoms with Gasteiger partial charge in [-0.2, -0.15) is 0 Å². The van der Waals surface area contributed by atoms with Crippen molar-refractivity contribution in [2.75, 3.05) is 9.80 Å². The van der Waals surface area contributed by atoms with Crippen LogP contribution < -0.4 is 14.5 Å². The third-order valence-corrected chi connectivity index (χ3v) is 19.0. The molecule has 0 atom stereocenters. The highest BCUT2D eigenvalue weighted by atomic mass is 32.1. The maximum Gasteiger partial charge on any atom is 0.340 e. The zero-order chi connectivity index (χ0) is 48.2. The number of fused-ring (bicyclic) bond motifs is 10. The number of esters is 1. The molecule has 0 fully saturated rings. The van der Waals surface area contributed by atoms with Crippen LogP contribution in [0.2, 0.25) is 0 Å². The van der Waals surface area contributed by atoms with Gasteiger partial charge in [0.1, 0.15) is 21.5 Å². The fourth-order valence-corrected chi connectivity index (χ4v) is 15.1. The van der Waals surface area contributed by atoms with Gasteiger partial charge in [-0.3, -0.25) is 0 Å². The van der Waals surface area contributed by atoms with Gasteiger partial charge in [-0.1, -0.05) is 127 Å². The molecular formula is C64H38N2O3S4. The number of carbonyl (C=O) groups excluding carboxylic acids is 1. The Morgan fingerprint density at radius 3 is 1.21 bits per heavy atom. The van der Waals surface area contributed by atoms with Crippen LogP contribution in [0.25, 0.3) is 64.7 Å². The normalized spacial score (nSPS) is 14.2. The van der Waals surface area contributed by atoms with Gasteiger partial charge in [-0.15, -0.1) is 45.3 Å². The first-order valence-electron chi connectivity index (χ1n) is 24.1. The average molecular weight is 1010 g/mol. The summed E-state index contributed by atoms with van der Waals surface area (Å²) in [5.41, 5.74) is 13.3. The Kier molecular flexibility index (Phi) is 9.65. The molecule has 0 N–H and O–H groups in total. The molecule has 7 aromatic carbocycles. The number of carbonyl (C=O) groups is 1. The molecule has 15 rings (SSSR count). The van der Waals surface area contributed by atoms with Gasteiger partial charge in [0, 0.05) is 46.0 Å². The summed E-state index contributed by atoms with van der Waals surface area (Å²) in [7, 11) is 0. The van der Waals surface area contributed by atoms with E-state index in [-0.39, 0.29) is 5.97 Å². The van der Waals surface area contributed by atoms with Gasteiger partial charge in [-0.25, -0.2) is 4.79 Å². The third-order valence-electron chi connectivity index (χ3n) is 14.2. The van der Waals surface area contributed by atoms with Crippen LogP contribution in [0.5, 0.6) is 11.5 Å². The molecule has 0 bridgehead atoms. The highest BCUT2D eigenvalue weighted by molar-refractivity contribution is 7.26. The molecule has 5 nitrogen and oxygen atoms in total. The number of para-hydroxylation sites is 4. The molecule has 4 aliphatic heterocycles. The quantitative estimate of drug-likeness (QED) is 0.155. The number of ether oxygens (including phenoxy) is 2. The lowest BCUT2D eigenvalue weighted by Crippen LogP contribution is -2.33. The lowest BCUT2D eigenvalue weighted by Gasteiger charge is -2.36. The number of benzene rings is 7.